The highest BCUT2D eigenvalue weighted by Crippen LogP contribution is 2.15. The van der Waals surface area contributed by atoms with E-state index in [4.69, 9.17) is 5.73 Å². The highest BCUT2D eigenvalue weighted by molar-refractivity contribution is 5.42. The zero-order valence-electron chi connectivity index (χ0n) is 9.72. The van der Waals surface area contributed by atoms with E-state index in [9.17, 15) is 0 Å². The SMILES string of the molecule is Cc1cc(CC(C)N)ccc1-n1cccn1. The van der Waals surface area contributed by atoms with Crippen molar-refractivity contribution in [3.63, 3.8) is 0 Å². The maximum absolute atomic E-state index is 5.79. The van der Waals surface area contributed by atoms with E-state index in [1.807, 2.05) is 23.9 Å². The maximum Gasteiger partial charge on any atom is 0.0674 e. The maximum atomic E-state index is 5.79. The molecule has 0 fully saturated rings. The van der Waals surface area contributed by atoms with Crippen LogP contribution in [0.4, 0.5) is 0 Å². The lowest BCUT2D eigenvalue weighted by molar-refractivity contribution is 0.737. The van der Waals surface area contributed by atoms with E-state index in [1.54, 1.807) is 6.20 Å². The summed E-state index contributed by atoms with van der Waals surface area (Å²) < 4.78 is 1.88. The molecule has 0 aliphatic heterocycles. The molecule has 1 heterocycles. The number of nitrogens with zero attached hydrogens (tertiary/aromatic N) is 2. The Morgan fingerprint density at radius 3 is 2.81 bits per heavy atom. The fourth-order valence-electron chi connectivity index (χ4n) is 1.88. The summed E-state index contributed by atoms with van der Waals surface area (Å²) in [5.74, 6) is 0. The topological polar surface area (TPSA) is 43.8 Å². The van der Waals surface area contributed by atoms with Crippen LogP contribution in [-0.4, -0.2) is 15.8 Å². The largest absolute Gasteiger partial charge is 0.328 e. The number of benzene rings is 1. The molecule has 0 radical (unpaired) electrons. The fourth-order valence-corrected chi connectivity index (χ4v) is 1.88. The van der Waals surface area contributed by atoms with Crippen LogP contribution in [0.15, 0.2) is 36.7 Å². The number of aryl methyl sites for hydroxylation is 1. The van der Waals surface area contributed by atoms with E-state index in [1.165, 1.54) is 11.1 Å². The van der Waals surface area contributed by atoms with Crippen molar-refractivity contribution in [2.45, 2.75) is 26.3 Å². The second kappa shape index (κ2) is 4.49. The van der Waals surface area contributed by atoms with Gasteiger partial charge in [0.05, 0.1) is 5.69 Å². The first-order chi connectivity index (χ1) is 7.66. The third-order valence-corrected chi connectivity index (χ3v) is 2.57. The molecule has 16 heavy (non-hydrogen) atoms. The van der Waals surface area contributed by atoms with Gasteiger partial charge in [0.15, 0.2) is 0 Å². The minimum Gasteiger partial charge on any atom is -0.328 e. The fraction of sp³-hybridized carbons (Fsp3) is 0.308. The molecule has 0 amide bonds. The Morgan fingerprint density at radius 1 is 1.44 bits per heavy atom. The lowest BCUT2D eigenvalue weighted by Crippen LogP contribution is -2.17. The second-order valence-electron chi connectivity index (χ2n) is 4.25. The molecule has 3 nitrogen and oxygen atoms in total. The zero-order valence-corrected chi connectivity index (χ0v) is 9.72. The third-order valence-electron chi connectivity index (χ3n) is 2.57. The molecule has 0 spiro atoms. The molecule has 2 N–H and O–H groups in total. The first kappa shape index (κ1) is 10.9. The van der Waals surface area contributed by atoms with Crippen LogP contribution in [0.1, 0.15) is 18.1 Å². The molecule has 2 rings (SSSR count). The minimum atomic E-state index is 0.204. The Balaban J connectivity index is 2.30. The Kier molecular flexibility index (Phi) is 3.06. The van der Waals surface area contributed by atoms with Crippen LogP contribution in [0.5, 0.6) is 0 Å². The van der Waals surface area contributed by atoms with E-state index in [2.05, 4.69) is 30.2 Å². The van der Waals surface area contributed by atoms with Crippen molar-refractivity contribution in [1.29, 1.82) is 0 Å². The molecule has 1 atom stereocenters. The minimum absolute atomic E-state index is 0.204. The number of nitrogens with two attached hydrogens (primary N) is 1. The van der Waals surface area contributed by atoms with Crippen LogP contribution < -0.4 is 5.73 Å². The van der Waals surface area contributed by atoms with E-state index in [0.717, 1.165) is 12.1 Å². The molecule has 0 bridgehead atoms. The Morgan fingerprint density at radius 2 is 2.25 bits per heavy atom. The summed E-state index contributed by atoms with van der Waals surface area (Å²) in [6, 6.07) is 8.53. The summed E-state index contributed by atoms with van der Waals surface area (Å²) in [7, 11) is 0. The molecule has 0 aliphatic carbocycles. The van der Waals surface area contributed by atoms with Gasteiger partial charge in [-0.2, -0.15) is 5.10 Å². The average Bonchev–Trinajstić information content (AvgIpc) is 2.69. The van der Waals surface area contributed by atoms with E-state index >= 15 is 0 Å². The highest BCUT2D eigenvalue weighted by atomic mass is 15.3. The second-order valence-corrected chi connectivity index (χ2v) is 4.25. The lowest BCUT2D eigenvalue weighted by atomic mass is 10.0. The van der Waals surface area contributed by atoms with Gasteiger partial charge in [-0.1, -0.05) is 12.1 Å². The summed E-state index contributed by atoms with van der Waals surface area (Å²) in [5.41, 5.74) is 9.42. The van der Waals surface area contributed by atoms with E-state index in [-0.39, 0.29) is 6.04 Å². The van der Waals surface area contributed by atoms with Gasteiger partial charge < -0.3 is 5.73 Å². The Labute approximate surface area is 95.9 Å². The van der Waals surface area contributed by atoms with Crippen LogP contribution in [0, 0.1) is 6.92 Å². The molecular weight excluding hydrogens is 198 g/mol. The van der Waals surface area contributed by atoms with Crippen molar-refractivity contribution < 1.29 is 0 Å². The Hall–Kier alpha value is -1.61. The summed E-state index contributed by atoms with van der Waals surface area (Å²) in [6.07, 6.45) is 4.66. The quantitative estimate of drug-likeness (QED) is 0.851. The van der Waals surface area contributed by atoms with Gasteiger partial charge in [0.25, 0.3) is 0 Å². The highest BCUT2D eigenvalue weighted by Gasteiger charge is 2.03. The van der Waals surface area contributed by atoms with Gasteiger partial charge in [0.2, 0.25) is 0 Å². The molecule has 1 unspecified atom stereocenters. The predicted molar refractivity (Wildman–Crippen MR) is 65.7 cm³/mol. The van der Waals surface area contributed by atoms with Crippen LogP contribution >= 0.6 is 0 Å². The Bertz CT molecular complexity index is 458. The monoisotopic (exact) mass is 215 g/mol. The smallest absolute Gasteiger partial charge is 0.0674 e. The first-order valence-corrected chi connectivity index (χ1v) is 5.52. The van der Waals surface area contributed by atoms with Crippen molar-refractivity contribution in [2.75, 3.05) is 0 Å². The lowest BCUT2D eigenvalue weighted by Gasteiger charge is -2.10. The van der Waals surface area contributed by atoms with Gasteiger partial charge in [-0.3, -0.25) is 0 Å². The van der Waals surface area contributed by atoms with Gasteiger partial charge in [-0.05, 0) is 43.5 Å². The van der Waals surface area contributed by atoms with Crippen molar-refractivity contribution in [3.8, 4) is 5.69 Å². The molecule has 3 heteroatoms. The normalized spacial score (nSPS) is 12.7. The van der Waals surface area contributed by atoms with Crippen molar-refractivity contribution in [2.24, 2.45) is 5.73 Å². The summed E-state index contributed by atoms with van der Waals surface area (Å²) in [5, 5.41) is 4.23. The van der Waals surface area contributed by atoms with Crippen LogP contribution in [0.25, 0.3) is 5.69 Å². The molecule has 1 aromatic carbocycles. The number of hydrogen-bond donors (Lipinski definition) is 1. The van der Waals surface area contributed by atoms with Gasteiger partial charge >= 0.3 is 0 Å². The van der Waals surface area contributed by atoms with Crippen LogP contribution in [-0.2, 0) is 6.42 Å². The van der Waals surface area contributed by atoms with Gasteiger partial charge in [0.1, 0.15) is 0 Å². The molecule has 2 aromatic rings. The van der Waals surface area contributed by atoms with E-state index < -0.39 is 0 Å². The van der Waals surface area contributed by atoms with Gasteiger partial charge in [-0.25, -0.2) is 4.68 Å². The summed E-state index contributed by atoms with van der Waals surface area (Å²) >= 11 is 0. The first-order valence-electron chi connectivity index (χ1n) is 5.52. The van der Waals surface area contributed by atoms with Crippen LogP contribution in [0.3, 0.4) is 0 Å². The zero-order chi connectivity index (χ0) is 11.5. The summed E-state index contributed by atoms with van der Waals surface area (Å²) in [4.78, 5) is 0. The molecular formula is C13H17N3. The van der Waals surface area contributed by atoms with Gasteiger partial charge in [-0.15, -0.1) is 0 Å². The number of aromatic nitrogens is 2. The molecule has 84 valence electrons. The predicted octanol–water partition coefficient (Wildman–Crippen LogP) is 2.07. The average molecular weight is 215 g/mol. The van der Waals surface area contributed by atoms with Gasteiger partial charge in [0, 0.05) is 18.4 Å². The number of rotatable bonds is 3. The van der Waals surface area contributed by atoms with Crippen molar-refractivity contribution >= 4 is 0 Å². The number of hydrogen-bond acceptors (Lipinski definition) is 2. The summed E-state index contributed by atoms with van der Waals surface area (Å²) in [6.45, 7) is 4.12. The molecule has 0 saturated carbocycles. The van der Waals surface area contributed by atoms with Crippen LogP contribution in [0.2, 0.25) is 0 Å². The standard InChI is InChI=1S/C13H17N3/c1-10-8-12(9-11(2)14)4-5-13(10)16-7-3-6-15-16/h3-8,11H,9,14H2,1-2H3. The van der Waals surface area contributed by atoms with Crippen molar-refractivity contribution in [3.05, 3.63) is 47.8 Å². The van der Waals surface area contributed by atoms with E-state index in [0.29, 0.717) is 0 Å². The van der Waals surface area contributed by atoms with Crippen molar-refractivity contribution in [1.82, 2.24) is 9.78 Å². The molecule has 0 aliphatic rings. The molecule has 0 saturated heterocycles. The molecule has 1 aromatic heterocycles. The third kappa shape index (κ3) is 2.31.